The van der Waals surface area contributed by atoms with E-state index in [0.29, 0.717) is 11.4 Å². The van der Waals surface area contributed by atoms with Crippen molar-refractivity contribution >= 4 is 38.7 Å². The summed E-state index contributed by atoms with van der Waals surface area (Å²) in [5.41, 5.74) is 2.89. The molecule has 1 aliphatic rings. The number of sulfone groups is 1. The first-order valence-corrected chi connectivity index (χ1v) is 10.0. The van der Waals surface area contributed by atoms with Crippen LogP contribution in [-0.4, -0.2) is 36.9 Å². The number of nitrogens with zero attached hydrogens (tertiary/aromatic N) is 1. The average Bonchev–Trinajstić information content (AvgIpc) is 2.89. The van der Waals surface area contributed by atoms with Crippen molar-refractivity contribution in [3.63, 3.8) is 0 Å². The Kier molecular flexibility index (Phi) is 4.96. The van der Waals surface area contributed by atoms with E-state index in [0.717, 1.165) is 16.9 Å². The van der Waals surface area contributed by atoms with Crippen molar-refractivity contribution in [1.82, 2.24) is 10.3 Å². The van der Waals surface area contributed by atoms with Gasteiger partial charge in [0, 0.05) is 16.8 Å². The fraction of sp³-hybridized carbons (Fsp3) is 0.294. The highest BCUT2D eigenvalue weighted by atomic mass is 35.5. The number of anilines is 2. The van der Waals surface area contributed by atoms with Gasteiger partial charge in [0.05, 0.1) is 23.4 Å². The second kappa shape index (κ2) is 7.01. The van der Waals surface area contributed by atoms with Crippen LogP contribution in [0.2, 0.25) is 5.02 Å². The van der Waals surface area contributed by atoms with Gasteiger partial charge >= 0.3 is 0 Å². The number of carbonyl (C=O) groups excluding carboxylic acids is 1. The second-order valence-corrected chi connectivity index (χ2v) is 8.75. The fourth-order valence-corrected chi connectivity index (χ4v) is 4.59. The molecular formula is C17H18ClN3O3S. The molecule has 3 rings (SSSR count). The van der Waals surface area contributed by atoms with Gasteiger partial charge in [0.2, 0.25) is 0 Å². The van der Waals surface area contributed by atoms with E-state index >= 15 is 0 Å². The number of rotatable bonds is 4. The van der Waals surface area contributed by atoms with E-state index in [1.165, 1.54) is 0 Å². The quantitative estimate of drug-likeness (QED) is 0.852. The molecule has 2 aromatic rings. The van der Waals surface area contributed by atoms with Crippen molar-refractivity contribution in [2.45, 2.75) is 19.4 Å². The average molecular weight is 380 g/mol. The van der Waals surface area contributed by atoms with Crippen LogP contribution in [0.3, 0.4) is 0 Å². The summed E-state index contributed by atoms with van der Waals surface area (Å²) in [6.07, 6.45) is 2.01. The Balaban J connectivity index is 1.64. The molecule has 1 atom stereocenters. The summed E-state index contributed by atoms with van der Waals surface area (Å²) in [5.74, 6) is -0.251. The molecule has 1 saturated heterocycles. The Bertz CT molecular complexity index is 898. The summed E-state index contributed by atoms with van der Waals surface area (Å²) in [5, 5.41) is 6.61. The lowest BCUT2D eigenvalue weighted by atomic mass is 10.2. The standard InChI is InChI=1S/C17H18ClN3O3S/c1-11-8-12(18)2-4-15(11)20-13-3-5-16(19-9-13)17(22)21-14-6-7-25(23,24)10-14/h2-5,8-9,14,20H,6-7,10H2,1H3,(H,21,22). The van der Waals surface area contributed by atoms with Crippen molar-refractivity contribution < 1.29 is 13.2 Å². The van der Waals surface area contributed by atoms with Crippen molar-refractivity contribution in [2.75, 3.05) is 16.8 Å². The number of amides is 1. The van der Waals surface area contributed by atoms with Gasteiger partial charge in [0.1, 0.15) is 5.69 Å². The van der Waals surface area contributed by atoms with Crippen LogP contribution in [-0.2, 0) is 9.84 Å². The molecule has 0 spiro atoms. The molecule has 1 aromatic heterocycles. The minimum atomic E-state index is -3.03. The van der Waals surface area contributed by atoms with E-state index in [4.69, 9.17) is 11.6 Å². The van der Waals surface area contributed by atoms with E-state index in [-0.39, 0.29) is 29.1 Å². The molecule has 2 N–H and O–H groups in total. The van der Waals surface area contributed by atoms with Crippen LogP contribution in [0.5, 0.6) is 0 Å². The van der Waals surface area contributed by atoms with Crippen LogP contribution in [0, 0.1) is 6.92 Å². The first-order valence-electron chi connectivity index (χ1n) is 7.83. The van der Waals surface area contributed by atoms with E-state index in [9.17, 15) is 13.2 Å². The topological polar surface area (TPSA) is 88.2 Å². The Morgan fingerprint density at radius 1 is 1.28 bits per heavy atom. The number of aryl methyl sites for hydroxylation is 1. The minimum absolute atomic E-state index is 0.00573. The third-order valence-corrected chi connectivity index (χ3v) is 6.03. The summed E-state index contributed by atoms with van der Waals surface area (Å²) in [6, 6.07) is 8.54. The van der Waals surface area contributed by atoms with Gasteiger partial charge in [0.15, 0.2) is 9.84 Å². The first kappa shape index (κ1) is 17.7. The molecule has 132 valence electrons. The molecule has 8 heteroatoms. The molecule has 1 amide bonds. The third kappa shape index (κ3) is 4.49. The molecule has 6 nitrogen and oxygen atoms in total. The number of nitrogens with one attached hydrogen (secondary N) is 2. The molecule has 1 fully saturated rings. The van der Waals surface area contributed by atoms with Gasteiger partial charge in [-0.2, -0.15) is 0 Å². The minimum Gasteiger partial charge on any atom is -0.354 e. The zero-order valence-corrected chi connectivity index (χ0v) is 15.2. The van der Waals surface area contributed by atoms with Gasteiger partial charge in [-0.3, -0.25) is 4.79 Å². The molecule has 25 heavy (non-hydrogen) atoms. The molecular weight excluding hydrogens is 362 g/mol. The van der Waals surface area contributed by atoms with Gasteiger partial charge in [-0.15, -0.1) is 0 Å². The zero-order valence-electron chi connectivity index (χ0n) is 13.6. The number of hydrogen-bond acceptors (Lipinski definition) is 5. The van der Waals surface area contributed by atoms with Crippen LogP contribution in [0.1, 0.15) is 22.5 Å². The molecule has 0 saturated carbocycles. The molecule has 1 aliphatic heterocycles. The van der Waals surface area contributed by atoms with Crippen LogP contribution >= 0.6 is 11.6 Å². The molecule has 0 aliphatic carbocycles. The molecule has 1 unspecified atom stereocenters. The lowest BCUT2D eigenvalue weighted by Gasteiger charge is -2.12. The maximum absolute atomic E-state index is 12.2. The van der Waals surface area contributed by atoms with Crippen molar-refractivity contribution in [3.8, 4) is 0 Å². The smallest absolute Gasteiger partial charge is 0.270 e. The van der Waals surface area contributed by atoms with E-state index in [1.54, 1.807) is 24.4 Å². The predicted octanol–water partition coefficient (Wildman–Crippen LogP) is 2.70. The van der Waals surface area contributed by atoms with Crippen LogP contribution < -0.4 is 10.6 Å². The Hall–Kier alpha value is -2.12. The van der Waals surface area contributed by atoms with Crippen molar-refractivity contribution in [1.29, 1.82) is 0 Å². The molecule has 0 radical (unpaired) electrons. The van der Waals surface area contributed by atoms with Crippen molar-refractivity contribution in [3.05, 3.63) is 52.8 Å². The van der Waals surface area contributed by atoms with Crippen LogP contribution in [0.4, 0.5) is 11.4 Å². The summed E-state index contributed by atoms with van der Waals surface area (Å²) in [6.45, 7) is 1.94. The normalized spacial score (nSPS) is 18.7. The van der Waals surface area contributed by atoms with Gasteiger partial charge in [0.25, 0.3) is 5.91 Å². The highest BCUT2D eigenvalue weighted by Crippen LogP contribution is 2.23. The number of halogens is 1. The van der Waals surface area contributed by atoms with Gasteiger partial charge < -0.3 is 10.6 Å². The highest BCUT2D eigenvalue weighted by Gasteiger charge is 2.29. The second-order valence-electron chi connectivity index (χ2n) is 6.09. The Morgan fingerprint density at radius 2 is 2.08 bits per heavy atom. The number of pyridine rings is 1. The van der Waals surface area contributed by atoms with Crippen LogP contribution in [0.15, 0.2) is 36.5 Å². The van der Waals surface area contributed by atoms with E-state index < -0.39 is 9.84 Å². The summed E-state index contributed by atoms with van der Waals surface area (Å²) >= 11 is 5.94. The fourth-order valence-electron chi connectivity index (χ4n) is 2.69. The molecule has 1 aromatic carbocycles. The Labute approximate surface area is 151 Å². The highest BCUT2D eigenvalue weighted by molar-refractivity contribution is 7.91. The summed E-state index contributed by atoms with van der Waals surface area (Å²) < 4.78 is 22.9. The van der Waals surface area contributed by atoms with E-state index in [1.807, 2.05) is 19.1 Å². The largest absolute Gasteiger partial charge is 0.354 e. The van der Waals surface area contributed by atoms with Crippen LogP contribution in [0.25, 0.3) is 0 Å². The maximum atomic E-state index is 12.2. The Morgan fingerprint density at radius 3 is 2.68 bits per heavy atom. The molecule has 2 heterocycles. The summed E-state index contributed by atoms with van der Waals surface area (Å²) in [4.78, 5) is 16.3. The maximum Gasteiger partial charge on any atom is 0.270 e. The third-order valence-electron chi connectivity index (χ3n) is 4.03. The number of carbonyl (C=O) groups is 1. The number of hydrogen-bond donors (Lipinski definition) is 2. The lowest BCUT2D eigenvalue weighted by molar-refractivity contribution is 0.0936. The SMILES string of the molecule is Cc1cc(Cl)ccc1Nc1ccc(C(=O)NC2CCS(=O)(=O)C2)nc1. The number of aromatic nitrogens is 1. The predicted molar refractivity (Wildman–Crippen MR) is 98.2 cm³/mol. The summed E-state index contributed by atoms with van der Waals surface area (Å²) in [7, 11) is -3.03. The first-order chi connectivity index (χ1) is 11.8. The van der Waals surface area contributed by atoms with Gasteiger partial charge in [-0.1, -0.05) is 11.6 Å². The zero-order chi connectivity index (χ0) is 18.0. The lowest BCUT2D eigenvalue weighted by Crippen LogP contribution is -2.36. The van der Waals surface area contributed by atoms with Gasteiger partial charge in [-0.05, 0) is 49.2 Å². The monoisotopic (exact) mass is 379 g/mol. The number of benzene rings is 1. The van der Waals surface area contributed by atoms with Crippen molar-refractivity contribution in [2.24, 2.45) is 0 Å². The molecule has 0 bridgehead atoms. The van der Waals surface area contributed by atoms with E-state index in [2.05, 4.69) is 15.6 Å². The van der Waals surface area contributed by atoms with Gasteiger partial charge in [-0.25, -0.2) is 13.4 Å².